The van der Waals surface area contributed by atoms with Gasteiger partial charge in [-0.3, -0.25) is 0 Å². The SMILES string of the molecule is CCCCCCCCCOc1ccc(-c2ccc(C)cc2)cc1. The molecule has 124 valence electrons. The lowest BCUT2D eigenvalue weighted by Crippen LogP contribution is -1.97. The third-order valence-corrected chi connectivity index (χ3v) is 4.26. The Morgan fingerprint density at radius 3 is 1.78 bits per heavy atom. The Morgan fingerprint density at radius 1 is 0.652 bits per heavy atom. The second-order valence-electron chi connectivity index (χ2n) is 6.36. The third-order valence-electron chi connectivity index (χ3n) is 4.26. The van der Waals surface area contributed by atoms with Gasteiger partial charge in [-0.15, -0.1) is 0 Å². The van der Waals surface area contributed by atoms with Gasteiger partial charge in [0.05, 0.1) is 6.61 Å². The molecule has 0 aliphatic carbocycles. The number of rotatable bonds is 10. The Kier molecular flexibility index (Phi) is 7.72. The molecule has 0 aliphatic heterocycles. The maximum atomic E-state index is 5.84. The molecule has 0 N–H and O–H groups in total. The summed E-state index contributed by atoms with van der Waals surface area (Å²) < 4.78 is 5.84. The minimum Gasteiger partial charge on any atom is -0.494 e. The van der Waals surface area contributed by atoms with Crippen molar-refractivity contribution in [3.8, 4) is 16.9 Å². The Balaban J connectivity index is 1.68. The van der Waals surface area contributed by atoms with Gasteiger partial charge in [-0.25, -0.2) is 0 Å². The van der Waals surface area contributed by atoms with Gasteiger partial charge in [0.15, 0.2) is 0 Å². The zero-order valence-electron chi connectivity index (χ0n) is 14.7. The molecular formula is C22H30O. The second-order valence-corrected chi connectivity index (χ2v) is 6.36. The molecule has 2 aromatic carbocycles. The van der Waals surface area contributed by atoms with Crippen LogP contribution in [0.4, 0.5) is 0 Å². The molecule has 0 atom stereocenters. The van der Waals surface area contributed by atoms with E-state index in [9.17, 15) is 0 Å². The Labute approximate surface area is 141 Å². The standard InChI is InChI=1S/C22H30O/c1-3-4-5-6-7-8-9-18-23-22-16-14-21(15-17-22)20-12-10-19(2)11-13-20/h10-17H,3-9,18H2,1-2H3. The van der Waals surface area contributed by atoms with Crippen LogP contribution < -0.4 is 4.74 Å². The number of benzene rings is 2. The highest BCUT2D eigenvalue weighted by atomic mass is 16.5. The molecule has 0 unspecified atom stereocenters. The van der Waals surface area contributed by atoms with Gasteiger partial charge >= 0.3 is 0 Å². The molecule has 0 bridgehead atoms. The van der Waals surface area contributed by atoms with E-state index in [-0.39, 0.29) is 0 Å². The molecule has 0 fully saturated rings. The normalized spacial score (nSPS) is 10.7. The summed E-state index contributed by atoms with van der Waals surface area (Å²) in [4.78, 5) is 0. The van der Waals surface area contributed by atoms with E-state index in [1.165, 1.54) is 55.2 Å². The van der Waals surface area contributed by atoms with Crippen LogP contribution in [0, 0.1) is 6.92 Å². The number of ether oxygens (including phenoxy) is 1. The quantitative estimate of drug-likeness (QED) is 0.439. The summed E-state index contributed by atoms with van der Waals surface area (Å²) in [5, 5.41) is 0. The van der Waals surface area contributed by atoms with Crippen LogP contribution in [-0.4, -0.2) is 6.61 Å². The van der Waals surface area contributed by atoms with Gasteiger partial charge in [0.2, 0.25) is 0 Å². The molecule has 1 heteroatoms. The molecule has 0 radical (unpaired) electrons. The van der Waals surface area contributed by atoms with Gasteiger partial charge in [0.25, 0.3) is 0 Å². The van der Waals surface area contributed by atoms with Crippen LogP contribution in [0.5, 0.6) is 5.75 Å². The summed E-state index contributed by atoms with van der Waals surface area (Å²) >= 11 is 0. The van der Waals surface area contributed by atoms with E-state index >= 15 is 0 Å². The van der Waals surface area contributed by atoms with Crippen molar-refractivity contribution in [1.82, 2.24) is 0 Å². The lowest BCUT2D eigenvalue weighted by Gasteiger charge is -2.08. The highest BCUT2D eigenvalue weighted by molar-refractivity contribution is 5.64. The van der Waals surface area contributed by atoms with Crippen LogP contribution in [0.2, 0.25) is 0 Å². The van der Waals surface area contributed by atoms with Crippen LogP contribution in [0.15, 0.2) is 48.5 Å². The molecule has 0 aliphatic rings. The van der Waals surface area contributed by atoms with E-state index in [1.54, 1.807) is 0 Å². The van der Waals surface area contributed by atoms with Crippen molar-refractivity contribution in [2.45, 2.75) is 58.8 Å². The molecule has 0 amide bonds. The van der Waals surface area contributed by atoms with Crippen molar-refractivity contribution in [3.63, 3.8) is 0 Å². The number of unbranched alkanes of at least 4 members (excludes halogenated alkanes) is 6. The van der Waals surface area contributed by atoms with Crippen LogP contribution in [0.1, 0.15) is 57.4 Å². The van der Waals surface area contributed by atoms with Gasteiger partial charge in [0, 0.05) is 0 Å². The zero-order valence-corrected chi connectivity index (χ0v) is 14.7. The number of hydrogen-bond donors (Lipinski definition) is 0. The van der Waals surface area contributed by atoms with Crippen molar-refractivity contribution in [3.05, 3.63) is 54.1 Å². The van der Waals surface area contributed by atoms with Gasteiger partial charge in [-0.2, -0.15) is 0 Å². The Hall–Kier alpha value is -1.76. The smallest absolute Gasteiger partial charge is 0.119 e. The van der Waals surface area contributed by atoms with Crippen LogP contribution in [0.3, 0.4) is 0 Å². The fraction of sp³-hybridized carbons (Fsp3) is 0.455. The van der Waals surface area contributed by atoms with Crippen LogP contribution in [-0.2, 0) is 0 Å². The fourth-order valence-electron chi connectivity index (χ4n) is 2.74. The molecular weight excluding hydrogens is 280 g/mol. The van der Waals surface area contributed by atoms with Crippen molar-refractivity contribution >= 4 is 0 Å². The van der Waals surface area contributed by atoms with Gasteiger partial charge in [-0.1, -0.05) is 87.4 Å². The lowest BCUT2D eigenvalue weighted by molar-refractivity contribution is 0.304. The first-order valence-corrected chi connectivity index (χ1v) is 9.09. The average Bonchev–Trinajstić information content (AvgIpc) is 2.59. The summed E-state index contributed by atoms with van der Waals surface area (Å²) in [7, 11) is 0. The van der Waals surface area contributed by atoms with E-state index in [1.807, 2.05) is 0 Å². The summed E-state index contributed by atoms with van der Waals surface area (Å²) in [5.74, 6) is 0.979. The zero-order chi connectivity index (χ0) is 16.3. The molecule has 1 nitrogen and oxygen atoms in total. The maximum absolute atomic E-state index is 5.84. The monoisotopic (exact) mass is 310 g/mol. The topological polar surface area (TPSA) is 9.23 Å². The number of aryl methyl sites for hydroxylation is 1. The van der Waals surface area contributed by atoms with Gasteiger partial charge in [0.1, 0.15) is 5.75 Å². The minimum atomic E-state index is 0.831. The van der Waals surface area contributed by atoms with Crippen molar-refractivity contribution in [2.24, 2.45) is 0 Å². The summed E-state index contributed by atoms with van der Waals surface area (Å²) in [6.07, 6.45) is 9.25. The first-order valence-electron chi connectivity index (χ1n) is 9.09. The molecule has 2 aromatic rings. The number of hydrogen-bond acceptors (Lipinski definition) is 1. The summed E-state index contributed by atoms with van der Waals surface area (Å²) in [6.45, 7) is 5.21. The predicted molar refractivity (Wildman–Crippen MR) is 100 cm³/mol. The van der Waals surface area contributed by atoms with Crippen LogP contribution in [0.25, 0.3) is 11.1 Å². The molecule has 0 aromatic heterocycles. The summed E-state index contributed by atoms with van der Waals surface area (Å²) in [6, 6.07) is 17.1. The molecule has 2 rings (SSSR count). The molecule has 23 heavy (non-hydrogen) atoms. The van der Waals surface area contributed by atoms with E-state index in [4.69, 9.17) is 4.74 Å². The van der Waals surface area contributed by atoms with Crippen molar-refractivity contribution in [1.29, 1.82) is 0 Å². The van der Waals surface area contributed by atoms with Crippen molar-refractivity contribution < 1.29 is 4.74 Å². The minimum absolute atomic E-state index is 0.831. The first-order chi connectivity index (χ1) is 11.3. The van der Waals surface area contributed by atoms with Gasteiger partial charge < -0.3 is 4.74 Å². The molecule has 0 heterocycles. The fourth-order valence-corrected chi connectivity index (χ4v) is 2.74. The summed E-state index contributed by atoms with van der Waals surface area (Å²) in [5.41, 5.74) is 3.80. The van der Waals surface area contributed by atoms with Gasteiger partial charge in [-0.05, 0) is 36.6 Å². The third kappa shape index (κ3) is 6.48. The van der Waals surface area contributed by atoms with Crippen molar-refractivity contribution in [2.75, 3.05) is 6.61 Å². The largest absolute Gasteiger partial charge is 0.494 e. The maximum Gasteiger partial charge on any atom is 0.119 e. The predicted octanol–water partition coefficient (Wildman–Crippen LogP) is 6.79. The molecule has 0 spiro atoms. The Bertz CT molecular complexity index is 539. The van der Waals surface area contributed by atoms with Crippen LogP contribution >= 0.6 is 0 Å². The first kappa shape index (κ1) is 17.6. The Morgan fingerprint density at radius 2 is 1.17 bits per heavy atom. The van der Waals surface area contributed by atoms with E-state index in [0.29, 0.717) is 0 Å². The van der Waals surface area contributed by atoms with E-state index < -0.39 is 0 Å². The molecule has 0 saturated carbocycles. The second kappa shape index (κ2) is 10.1. The van der Waals surface area contributed by atoms with E-state index in [2.05, 4.69) is 62.4 Å². The average molecular weight is 310 g/mol. The molecule has 0 saturated heterocycles. The van der Waals surface area contributed by atoms with E-state index in [0.717, 1.165) is 18.8 Å². The lowest BCUT2D eigenvalue weighted by atomic mass is 10.0. The highest BCUT2D eigenvalue weighted by Gasteiger charge is 1.99. The highest BCUT2D eigenvalue weighted by Crippen LogP contribution is 2.23.